The van der Waals surface area contributed by atoms with Crippen LogP contribution in [0.3, 0.4) is 0 Å². The molecule has 0 bridgehead atoms. The third-order valence-corrected chi connectivity index (χ3v) is 3.63. The Morgan fingerprint density at radius 2 is 2.20 bits per heavy atom. The number of non-ortho nitro benzene ring substituents is 1. The number of nitro benzene ring substituents is 1. The van der Waals surface area contributed by atoms with Crippen molar-refractivity contribution in [2.75, 3.05) is 11.9 Å². The van der Waals surface area contributed by atoms with Crippen LogP contribution in [-0.2, 0) is 4.79 Å². The minimum absolute atomic E-state index is 0.0986. The lowest BCUT2D eigenvalue weighted by molar-refractivity contribution is -0.384. The van der Waals surface area contributed by atoms with Gasteiger partial charge in [0.1, 0.15) is 0 Å². The molecule has 20 heavy (non-hydrogen) atoms. The van der Waals surface area contributed by atoms with Crippen molar-refractivity contribution in [2.24, 2.45) is 0 Å². The number of nitrogens with one attached hydrogen (secondary N) is 2. The number of hydrogen-bond acceptors (Lipinski definition) is 4. The molecule has 0 radical (unpaired) electrons. The molecule has 1 aliphatic rings. The van der Waals surface area contributed by atoms with Crippen molar-refractivity contribution in [3.63, 3.8) is 0 Å². The SMILES string of the molecule is O=C(Nc1cc([N+](=O)[O-])ccc1Cl)C1CCCCCN1. The van der Waals surface area contributed by atoms with Crippen LogP contribution >= 0.6 is 11.6 Å². The summed E-state index contributed by atoms with van der Waals surface area (Å²) in [6.45, 7) is 0.806. The molecule has 1 aliphatic heterocycles. The second-order valence-electron chi connectivity index (χ2n) is 4.77. The van der Waals surface area contributed by atoms with E-state index in [1.807, 2.05) is 0 Å². The molecule has 0 spiro atoms. The second-order valence-corrected chi connectivity index (χ2v) is 5.17. The fourth-order valence-corrected chi connectivity index (χ4v) is 2.36. The van der Waals surface area contributed by atoms with Gasteiger partial charge in [0.25, 0.3) is 5.69 Å². The average molecular weight is 298 g/mol. The second kappa shape index (κ2) is 6.67. The zero-order chi connectivity index (χ0) is 14.5. The number of nitro groups is 1. The molecule has 1 saturated heterocycles. The van der Waals surface area contributed by atoms with Gasteiger partial charge in [-0.15, -0.1) is 0 Å². The molecule has 7 heteroatoms. The van der Waals surface area contributed by atoms with Crippen LogP contribution in [0.2, 0.25) is 5.02 Å². The van der Waals surface area contributed by atoms with Gasteiger partial charge in [-0.05, 0) is 25.5 Å². The number of benzene rings is 1. The summed E-state index contributed by atoms with van der Waals surface area (Å²) >= 11 is 5.96. The summed E-state index contributed by atoms with van der Waals surface area (Å²) in [7, 11) is 0. The predicted molar refractivity (Wildman–Crippen MR) is 77.0 cm³/mol. The van der Waals surface area contributed by atoms with E-state index in [2.05, 4.69) is 10.6 Å². The van der Waals surface area contributed by atoms with Gasteiger partial charge < -0.3 is 10.6 Å². The molecule has 1 aromatic carbocycles. The van der Waals surface area contributed by atoms with Crippen molar-refractivity contribution in [1.82, 2.24) is 5.32 Å². The fraction of sp³-hybridized carbons (Fsp3) is 0.462. The standard InChI is InChI=1S/C13H16ClN3O3/c14-10-6-5-9(17(19)20)8-12(10)16-13(18)11-4-2-1-3-7-15-11/h5-6,8,11,15H,1-4,7H2,(H,16,18). The molecule has 1 amide bonds. The Kier molecular flexibility index (Phi) is 4.92. The van der Waals surface area contributed by atoms with E-state index in [-0.39, 0.29) is 28.3 Å². The van der Waals surface area contributed by atoms with Crippen LogP contribution < -0.4 is 10.6 Å². The summed E-state index contributed by atoms with van der Waals surface area (Å²) in [4.78, 5) is 22.4. The first-order valence-corrected chi connectivity index (χ1v) is 6.94. The number of halogens is 1. The summed E-state index contributed by atoms with van der Waals surface area (Å²) in [5.41, 5.74) is 0.176. The molecule has 0 aliphatic carbocycles. The molecule has 1 aromatic rings. The first kappa shape index (κ1) is 14.7. The maximum atomic E-state index is 12.2. The molecule has 6 nitrogen and oxygen atoms in total. The van der Waals surface area contributed by atoms with Crippen molar-refractivity contribution in [1.29, 1.82) is 0 Å². The third kappa shape index (κ3) is 3.68. The van der Waals surface area contributed by atoms with Crippen LogP contribution in [-0.4, -0.2) is 23.4 Å². The lowest BCUT2D eigenvalue weighted by Gasteiger charge is -2.16. The minimum Gasteiger partial charge on any atom is -0.323 e. The van der Waals surface area contributed by atoms with Crippen molar-refractivity contribution in [2.45, 2.75) is 31.7 Å². The summed E-state index contributed by atoms with van der Waals surface area (Å²) in [6.07, 6.45) is 3.92. The van der Waals surface area contributed by atoms with E-state index in [0.29, 0.717) is 0 Å². The van der Waals surface area contributed by atoms with Crippen molar-refractivity contribution >= 4 is 28.9 Å². The number of carbonyl (C=O) groups excluding carboxylic acids is 1. The summed E-state index contributed by atoms with van der Waals surface area (Å²) in [6, 6.07) is 3.72. The Bertz CT molecular complexity index is 514. The van der Waals surface area contributed by atoms with Crippen LogP contribution in [0.4, 0.5) is 11.4 Å². The quantitative estimate of drug-likeness (QED) is 0.663. The van der Waals surface area contributed by atoms with Crippen LogP contribution in [0.15, 0.2) is 18.2 Å². The maximum absolute atomic E-state index is 12.2. The third-order valence-electron chi connectivity index (χ3n) is 3.30. The van der Waals surface area contributed by atoms with E-state index >= 15 is 0 Å². The Morgan fingerprint density at radius 3 is 2.95 bits per heavy atom. The van der Waals surface area contributed by atoms with Gasteiger partial charge in [0, 0.05) is 12.1 Å². The van der Waals surface area contributed by atoms with E-state index in [4.69, 9.17) is 11.6 Å². The van der Waals surface area contributed by atoms with E-state index in [1.54, 1.807) is 0 Å². The van der Waals surface area contributed by atoms with Crippen LogP contribution in [0.5, 0.6) is 0 Å². The van der Waals surface area contributed by atoms with Crippen molar-refractivity contribution in [3.8, 4) is 0 Å². The lowest BCUT2D eigenvalue weighted by atomic mass is 10.1. The number of amides is 1. The molecule has 108 valence electrons. The minimum atomic E-state index is -0.518. The Labute approximate surface area is 121 Å². The molecule has 1 unspecified atom stereocenters. The molecular formula is C13H16ClN3O3. The van der Waals surface area contributed by atoms with Gasteiger partial charge in [0.15, 0.2) is 0 Å². The first-order valence-electron chi connectivity index (χ1n) is 6.56. The molecule has 2 N–H and O–H groups in total. The number of nitrogens with zero attached hydrogens (tertiary/aromatic N) is 1. The zero-order valence-corrected chi connectivity index (χ0v) is 11.7. The zero-order valence-electron chi connectivity index (χ0n) is 10.9. The van der Waals surface area contributed by atoms with Gasteiger partial charge >= 0.3 is 0 Å². The number of anilines is 1. The molecule has 1 fully saturated rings. The molecular weight excluding hydrogens is 282 g/mol. The first-order chi connectivity index (χ1) is 9.58. The molecule has 0 aromatic heterocycles. The van der Waals surface area contributed by atoms with Crippen LogP contribution in [0.25, 0.3) is 0 Å². The normalized spacial score (nSPS) is 19.1. The number of hydrogen-bond donors (Lipinski definition) is 2. The Hall–Kier alpha value is -1.66. The molecule has 1 heterocycles. The lowest BCUT2D eigenvalue weighted by Crippen LogP contribution is -2.39. The van der Waals surface area contributed by atoms with E-state index in [0.717, 1.165) is 32.2 Å². The van der Waals surface area contributed by atoms with Gasteiger partial charge in [-0.2, -0.15) is 0 Å². The van der Waals surface area contributed by atoms with E-state index < -0.39 is 4.92 Å². The average Bonchev–Trinajstić information content (AvgIpc) is 2.70. The molecule has 1 atom stereocenters. The van der Waals surface area contributed by atoms with Crippen LogP contribution in [0, 0.1) is 10.1 Å². The highest BCUT2D eigenvalue weighted by atomic mass is 35.5. The number of carbonyl (C=O) groups is 1. The summed E-state index contributed by atoms with van der Waals surface area (Å²) < 4.78 is 0. The van der Waals surface area contributed by atoms with E-state index in [9.17, 15) is 14.9 Å². The largest absolute Gasteiger partial charge is 0.323 e. The topological polar surface area (TPSA) is 84.3 Å². The van der Waals surface area contributed by atoms with Crippen molar-refractivity contribution < 1.29 is 9.72 Å². The monoisotopic (exact) mass is 297 g/mol. The smallest absolute Gasteiger partial charge is 0.271 e. The van der Waals surface area contributed by atoms with Crippen molar-refractivity contribution in [3.05, 3.63) is 33.3 Å². The number of rotatable bonds is 3. The van der Waals surface area contributed by atoms with Gasteiger partial charge in [-0.25, -0.2) is 0 Å². The maximum Gasteiger partial charge on any atom is 0.271 e. The fourth-order valence-electron chi connectivity index (χ4n) is 2.19. The predicted octanol–water partition coefficient (Wildman–Crippen LogP) is 2.72. The van der Waals surface area contributed by atoms with Gasteiger partial charge in [0.2, 0.25) is 5.91 Å². The summed E-state index contributed by atoms with van der Waals surface area (Å²) in [5, 5.41) is 16.9. The van der Waals surface area contributed by atoms with Crippen LogP contribution in [0.1, 0.15) is 25.7 Å². The molecule has 2 rings (SSSR count). The highest BCUT2D eigenvalue weighted by molar-refractivity contribution is 6.33. The van der Waals surface area contributed by atoms with Gasteiger partial charge in [-0.3, -0.25) is 14.9 Å². The van der Waals surface area contributed by atoms with E-state index in [1.165, 1.54) is 18.2 Å². The molecule has 0 saturated carbocycles. The summed E-state index contributed by atoms with van der Waals surface area (Å²) in [5.74, 6) is -0.200. The Morgan fingerprint density at radius 1 is 1.40 bits per heavy atom. The van der Waals surface area contributed by atoms with Gasteiger partial charge in [0.05, 0.1) is 21.7 Å². The van der Waals surface area contributed by atoms with Gasteiger partial charge in [-0.1, -0.05) is 24.4 Å². The highest BCUT2D eigenvalue weighted by Crippen LogP contribution is 2.27. The Balaban J connectivity index is 2.10. The highest BCUT2D eigenvalue weighted by Gasteiger charge is 2.21.